The SMILES string of the molecule is CCC1CC(Nc2cccc(C)c2)CCO1. The minimum Gasteiger partial charge on any atom is -0.382 e. The number of rotatable bonds is 3. The van der Waals surface area contributed by atoms with Crippen molar-refractivity contribution in [2.75, 3.05) is 11.9 Å². The van der Waals surface area contributed by atoms with Gasteiger partial charge in [-0.15, -0.1) is 0 Å². The molecular weight excluding hydrogens is 198 g/mol. The minimum absolute atomic E-state index is 0.441. The van der Waals surface area contributed by atoms with Crippen LogP contribution in [0.25, 0.3) is 0 Å². The Hall–Kier alpha value is -1.02. The van der Waals surface area contributed by atoms with Crippen LogP contribution < -0.4 is 5.32 Å². The Morgan fingerprint density at radius 1 is 1.44 bits per heavy atom. The lowest BCUT2D eigenvalue weighted by atomic mass is 10.0. The van der Waals surface area contributed by atoms with Crippen molar-refractivity contribution in [1.29, 1.82) is 0 Å². The van der Waals surface area contributed by atoms with Gasteiger partial charge >= 0.3 is 0 Å². The van der Waals surface area contributed by atoms with Gasteiger partial charge in [0.15, 0.2) is 0 Å². The molecule has 0 aliphatic carbocycles. The summed E-state index contributed by atoms with van der Waals surface area (Å²) in [6.45, 7) is 5.21. The molecule has 1 aliphatic rings. The highest BCUT2D eigenvalue weighted by Gasteiger charge is 2.20. The molecule has 1 N–H and O–H groups in total. The van der Waals surface area contributed by atoms with Crippen LogP contribution in [0, 0.1) is 6.92 Å². The molecule has 16 heavy (non-hydrogen) atoms. The Bertz CT molecular complexity index is 337. The number of benzene rings is 1. The van der Waals surface area contributed by atoms with Crippen LogP contribution in [-0.4, -0.2) is 18.8 Å². The average Bonchev–Trinajstić information content (AvgIpc) is 2.29. The van der Waals surface area contributed by atoms with Gasteiger partial charge in [-0.2, -0.15) is 0 Å². The number of ether oxygens (including phenoxy) is 1. The van der Waals surface area contributed by atoms with Crippen LogP contribution in [0.3, 0.4) is 0 Å². The molecule has 88 valence electrons. The highest BCUT2D eigenvalue weighted by Crippen LogP contribution is 2.20. The molecule has 1 saturated heterocycles. The first kappa shape index (κ1) is 11.5. The minimum atomic E-state index is 0.441. The highest BCUT2D eigenvalue weighted by atomic mass is 16.5. The zero-order valence-corrected chi connectivity index (χ0v) is 10.2. The molecule has 1 heterocycles. The van der Waals surface area contributed by atoms with Crippen molar-refractivity contribution in [3.05, 3.63) is 29.8 Å². The summed E-state index contributed by atoms with van der Waals surface area (Å²) in [5, 5.41) is 3.61. The molecule has 2 nitrogen and oxygen atoms in total. The Labute approximate surface area is 98.0 Å². The maximum Gasteiger partial charge on any atom is 0.0592 e. The number of hydrogen-bond acceptors (Lipinski definition) is 2. The third-order valence-corrected chi connectivity index (χ3v) is 3.21. The predicted molar refractivity (Wildman–Crippen MR) is 67.9 cm³/mol. The first-order valence-corrected chi connectivity index (χ1v) is 6.22. The molecule has 1 fully saturated rings. The van der Waals surface area contributed by atoms with Crippen molar-refractivity contribution in [3.63, 3.8) is 0 Å². The van der Waals surface area contributed by atoms with Crippen LogP contribution in [0.2, 0.25) is 0 Å². The van der Waals surface area contributed by atoms with Crippen LogP contribution in [0.15, 0.2) is 24.3 Å². The van der Waals surface area contributed by atoms with Crippen LogP contribution >= 0.6 is 0 Å². The fourth-order valence-electron chi connectivity index (χ4n) is 2.27. The van der Waals surface area contributed by atoms with E-state index >= 15 is 0 Å². The van der Waals surface area contributed by atoms with Gasteiger partial charge in [-0.3, -0.25) is 0 Å². The second-order valence-corrected chi connectivity index (χ2v) is 4.64. The smallest absolute Gasteiger partial charge is 0.0592 e. The van der Waals surface area contributed by atoms with E-state index in [0.717, 1.165) is 25.9 Å². The second kappa shape index (κ2) is 5.35. The van der Waals surface area contributed by atoms with Crippen LogP contribution in [0.4, 0.5) is 5.69 Å². The van der Waals surface area contributed by atoms with Crippen molar-refractivity contribution in [3.8, 4) is 0 Å². The van der Waals surface area contributed by atoms with Gasteiger partial charge < -0.3 is 10.1 Å². The second-order valence-electron chi connectivity index (χ2n) is 4.64. The van der Waals surface area contributed by atoms with Gasteiger partial charge in [-0.1, -0.05) is 19.1 Å². The summed E-state index contributed by atoms with van der Waals surface area (Å²) in [5.74, 6) is 0. The Kier molecular flexibility index (Phi) is 3.83. The zero-order chi connectivity index (χ0) is 11.4. The third-order valence-electron chi connectivity index (χ3n) is 3.21. The standard InChI is InChI=1S/C14H21NO/c1-3-14-10-13(7-8-16-14)15-12-6-4-5-11(2)9-12/h4-6,9,13-15H,3,7-8,10H2,1-2H3. The van der Waals surface area contributed by atoms with Crippen LogP contribution in [0.1, 0.15) is 31.7 Å². The van der Waals surface area contributed by atoms with E-state index in [9.17, 15) is 0 Å². The van der Waals surface area contributed by atoms with E-state index in [-0.39, 0.29) is 0 Å². The van der Waals surface area contributed by atoms with Gasteiger partial charge in [0.05, 0.1) is 6.10 Å². The van der Waals surface area contributed by atoms with Gasteiger partial charge in [0.25, 0.3) is 0 Å². The third kappa shape index (κ3) is 2.99. The van der Waals surface area contributed by atoms with Crippen LogP contribution in [-0.2, 0) is 4.74 Å². The molecule has 2 heteroatoms. The van der Waals surface area contributed by atoms with E-state index in [1.165, 1.54) is 11.3 Å². The summed E-state index contributed by atoms with van der Waals surface area (Å²) in [7, 11) is 0. The van der Waals surface area contributed by atoms with E-state index in [1.807, 2.05) is 0 Å². The molecule has 0 spiro atoms. The molecule has 1 aliphatic heterocycles. The van der Waals surface area contributed by atoms with Gasteiger partial charge in [0.2, 0.25) is 0 Å². The zero-order valence-electron chi connectivity index (χ0n) is 10.2. The van der Waals surface area contributed by atoms with E-state index in [1.54, 1.807) is 0 Å². The maximum atomic E-state index is 5.68. The number of nitrogens with one attached hydrogen (secondary N) is 1. The number of hydrogen-bond donors (Lipinski definition) is 1. The molecule has 0 amide bonds. The fraction of sp³-hybridized carbons (Fsp3) is 0.571. The lowest BCUT2D eigenvalue weighted by Gasteiger charge is -2.30. The molecular formula is C14H21NO. The highest BCUT2D eigenvalue weighted by molar-refractivity contribution is 5.46. The summed E-state index contributed by atoms with van der Waals surface area (Å²) >= 11 is 0. The van der Waals surface area contributed by atoms with Crippen molar-refractivity contribution >= 4 is 5.69 Å². The molecule has 0 bridgehead atoms. The molecule has 1 aromatic carbocycles. The van der Waals surface area contributed by atoms with Gasteiger partial charge in [0.1, 0.15) is 0 Å². The average molecular weight is 219 g/mol. The molecule has 2 atom stereocenters. The van der Waals surface area contributed by atoms with Crippen molar-refractivity contribution in [2.24, 2.45) is 0 Å². The van der Waals surface area contributed by atoms with E-state index in [4.69, 9.17) is 4.74 Å². The molecule has 0 saturated carbocycles. The first-order chi connectivity index (χ1) is 7.78. The Balaban J connectivity index is 1.94. The maximum absolute atomic E-state index is 5.68. The topological polar surface area (TPSA) is 21.3 Å². The summed E-state index contributed by atoms with van der Waals surface area (Å²) in [6.07, 6.45) is 3.80. The number of anilines is 1. The monoisotopic (exact) mass is 219 g/mol. The lowest BCUT2D eigenvalue weighted by Crippen LogP contribution is -2.33. The lowest BCUT2D eigenvalue weighted by molar-refractivity contribution is 0.00926. The Morgan fingerprint density at radius 2 is 2.31 bits per heavy atom. The summed E-state index contributed by atoms with van der Waals surface area (Å²) in [4.78, 5) is 0. The van der Waals surface area contributed by atoms with E-state index < -0.39 is 0 Å². The van der Waals surface area contributed by atoms with E-state index in [2.05, 4.69) is 43.4 Å². The molecule has 1 aromatic rings. The van der Waals surface area contributed by atoms with Crippen molar-refractivity contribution in [2.45, 2.75) is 45.3 Å². The molecule has 2 unspecified atom stereocenters. The van der Waals surface area contributed by atoms with Gasteiger partial charge in [-0.25, -0.2) is 0 Å². The molecule has 2 rings (SSSR count). The summed E-state index contributed by atoms with van der Waals surface area (Å²) in [5.41, 5.74) is 2.55. The first-order valence-electron chi connectivity index (χ1n) is 6.22. The Morgan fingerprint density at radius 3 is 3.06 bits per heavy atom. The van der Waals surface area contributed by atoms with Crippen LogP contribution in [0.5, 0.6) is 0 Å². The van der Waals surface area contributed by atoms with Gasteiger partial charge in [0, 0.05) is 18.3 Å². The van der Waals surface area contributed by atoms with Crippen molar-refractivity contribution in [1.82, 2.24) is 0 Å². The van der Waals surface area contributed by atoms with E-state index in [0.29, 0.717) is 12.1 Å². The normalized spacial score (nSPS) is 25.4. The number of aryl methyl sites for hydroxylation is 1. The largest absolute Gasteiger partial charge is 0.382 e. The quantitative estimate of drug-likeness (QED) is 0.841. The molecule has 0 aromatic heterocycles. The summed E-state index contributed by atoms with van der Waals surface area (Å²) < 4.78 is 5.68. The predicted octanol–water partition coefficient (Wildman–Crippen LogP) is 3.36. The fourth-order valence-corrected chi connectivity index (χ4v) is 2.27. The molecule has 0 radical (unpaired) electrons. The van der Waals surface area contributed by atoms with Crippen molar-refractivity contribution < 1.29 is 4.74 Å². The summed E-state index contributed by atoms with van der Waals surface area (Å²) in [6, 6.07) is 9.15. The van der Waals surface area contributed by atoms with Gasteiger partial charge in [-0.05, 0) is 43.9 Å².